The van der Waals surface area contributed by atoms with E-state index < -0.39 is 0 Å². The minimum atomic E-state index is 0.0341. The molecule has 0 unspecified atom stereocenters. The number of hydrogen-bond acceptors (Lipinski definition) is 3. The minimum absolute atomic E-state index is 0.0341. The predicted octanol–water partition coefficient (Wildman–Crippen LogP) is 1.15. The highest BCUT2D eigenvalue weighted by Crippen LogP contribution is 2.29. The molecule has 4 nitrogen and oxygen atoms in total. The summed E-state index contributed by atoms with van der Waals surface area (Å²) < 4.78 is 10.5. The number of benzene rings is 1. The molecule has 0 saturated heterocycles. The summed E-state index contributed by atoms with van der Waals surface area (Å²) >= 11 is 0. The molecule has 0 fully saturated rings. The van der Waals surface area contributed by atoms with Gasteiger partial charge in [0.25, 0.3) is 0 Å². The van der Waals surface area contributed by atoms with E-state index in [0.717, 1.165) is 11.1 Å². The van der Waals surface area contributed by atoms with Gasteiger partial charge in [-0.3, -0.25) is 5.41 Å². The molecule has 2 rings (SSSR count). The molecule has 0 aromatic heterocycles. The van der Waals surface area contributed by atoms with Crippen molar-refractivity contribution in [3.63, 3.8) is 0 Å². The van der Waals surface area contributed by atoms with Gasteiger partial charge >= 0.3 is 0 Å². The number of aryl methyl sites for hydroxylation is 1. The highest BCUT2D eigenvalue weighted by Gasteiger charge is 2.16. The Morgan fingerprint density at radius 2 is 2.29 bits per heavy atom. The van der Waals surface area contributed by atoms with Crippen LogP contribution in [-0.4, -0.2) is 12.6 Å². The summed E-state index contributed by atoms with van der Waals surface area (Å²) in [5, 5.41) is 7.43. The van der Waals surface area contributed by atoms with E-state index in [2.05, 4.69) is 0 Å². The van der Waals surface area contributed by atoms with Gasteiger partial charge in [-0.15, -0.1) is 0 Å². The van der Waals surface area contributed by atoms with Crippen LogP contribution in [0.25, 0.3) is 0 Å². The summed E-state index contributed by atoms with van der Waals surface area (Å²) in [6, 6.07) is 3.84. The number of hydrogen-bond donors (Lipinski definition) is 2. The number of nitrogens with one attached hydrogen (secondary N) is 1. The van der Waals surface area contributed by atoms with Gasteiger partial charge in [0.05, 0.1) is 12.2 Å². The van der Waals surface area contributed by atoms with Crippen LogP contribution in [-0.2, 0) is 11.3 Å². The number of ether oxygens (including phenoxy) is 2. The van der Waals surface area contributed by atoms with E-state index in [1.54, 1.807) is 0 Å². The van der Waals surface area contributed by atoms with Gasteiger partial charge < -0.3 is 15.2 Å². The van der Waals surface area contributed by atoms with Crippen LogP contribution < -0.4 is 10.5 Å². The van der Waals surface area contributed by atoms with Crippen LogP contribution >= 0.6 is 0 Å². The zero-order valence-electron chi connectivity index (χ0n) is 7.96. The average molecular weight is 192 g/mol. The Labute approximate surface area is 82.1 Å². The molecule has 1 aliphatic heterocycles. The molecule has 1 heterocycles. The van der Waals surface area contributed by atoms with E-state index in [-0.39, 0.29) is 12.6 Å². The van der Waals surface area contributed by atoms with Crippen LogP contribution in [0.2, 0.25) is 0 Å². The summed E-state index contributed by atoms with van der Waals surface area (Å²) in [5.41, 5.74) is 8.14. The van der Waals surface area contributed by atoms with Crippen molar-refractivity contribution in [1.82, 2.24) is 0 Å². The third-order valence-electron chi connectivity index (χ3n) is 2.14. The SMILES string of the molecule is Cc1cc2c(c(C(=N)N)c1)OCOC2. The van der Waals surface area contributed by atoms with Crippen molar-refractivity contribution >= 4 is 5.84 Å². The maximum absolute atomic E-state index is 7.43. The molecule has 0 bridgehead atoms. The van der Waals surface area contributed by atoms with Gasteiger partial charge in [-0.1, -0.05) is 6.07 Å². The topological polar surface area (TPSA) is 68.3 Å². The van der Waals surface area contributed by atoms with Gasteiger partial charge in [0.2, 0.25) is 0 Å². The first-order valence-corrected chi connectivity index (χ1v) is 4.37. The first-order valence-electron chi connectivity index (χ1n) is 4.37. The second-order valence-corrected chi connectivity index (χ2v) is 3.33. The summed E-state index contributed by atoms with van der Waals surface area (Å²) in [6.07, 6.45) is 0. The lowest BCUT2D eigenvalue weighted by Gasteiger charge is -2.20. The molecule has 3 N–H and O–H groups in total. The molecule has 1 aromatic carbocycles. The molecule has 14 heavy (non-hydrogen) atoms. The Kier molecular flexibility index (Phi) is 2.13. The van der Waals surface area contributed by atoms with E-state index in [1.165, 1.54) is 0 Å². The van der Waals surface area contributed by atoms with Crippen LogP contribution in [0.3, 0.4) is 0 Å². The van der Waals surface area contributed by atoms with Crippen molar-refractivity contribution in [1.29, 1.82) is 5.41 Å². The monoisotopic (exact) mass is 192 g/mol. The maximum Gasteiger partial charge on any atom is 0.189 e. The second kappa shape index (κ2) is 3.31. The smallest absolute Gasteiger partial charge is 0.189 e. The first-order chi connectivity index (χ1) is 6.68. The summed E-state index contributed by atoms with van der Waals surface area (Å²) in [7, 11) is 0. The number of nitrogen functional groups attached to an aromatic ring is 1. The molecule has 1 aromatic rings. The largest absolute Gasteiger partial charge is 0.466 e. The van der Waals surface area contributed by atoms with Crippen molar-refractivity contribution < 1.29 is 9.47 Å². The zero-order valence-corrected chi connectivity index (χ0v) is 7.96. The first kappa shape index (κ1) is 9.02. The van der Waals surface area contributed by atoms with Crippen LogP contribution in [0, 0.1) is 12.3 Å². The molecule has 0 saturated carbocycles. The number of fused-ring (bicyclic) bond motifs is 1. The Balaban J connectivity index is 2.58. The van der Waals surface area contributed by atoms with E-state index in [9.17, 15) is 0 Å². The average Bonchev–Trinajstić information content (AvgIpc) is 2.16. The van der Waals surface area contributed by atoms with E-state index in [0.29, 0.717) is 17.9 Å². The van der Waals surface area contributed by atoms with Crippen LogP contribution in [0.5, 0.6) is 5.75 Å². The van der Waals surface area contributed by atoms with Crippen molar-refractivity contribution in [3.05, 3.63) is 28.8 Å². The fourth-order valence-electron chi connectivity index (χ4n) is 1.58. The Morgan fingerprint density at radius 3 is 3.00 bits per heavy atom. The molecule has 1 aliphatic rings. The Hall–Kier alpha value is -1.55. The molecule has 0 radical (unpaired) electrons. The molecular weight excluding hydrogens is 180 g/mol. The van der Waals surface area contributed by atoms with Crippen molar-refractivity contribution in [2.24, 2.45) is 5.73 Å². The standard InChI is InChI=1S/C10H12N2O2/c1-6-2-7-4-13-5-14-9(7)8(3-6)10(11)12/h2-3H,4-5H2,1H3,(H3,11,12). The van der Waals surface area contributed by atoms with E-state index in [1.807, 2.05) is 19.1 Å². The summed E-state index contributed by atoms with van der Waals surface area (Å²) in [5.74, 6) is 0.723. The quantitative estimate of drug-likeness (QED) is 0.518. The van der Waals surface area contributed by atoms with E-state index in [4.69, 9.17) is 20.6 Å². The Bertz CT molecular complexity index is 388. The van der Waals surface area contributed by atoms with Crippen molar-refractivity contribution in [2.75, 3.05) is 6.79 Å². The fraction of sp³-hybridized carbons (Fsp3) is 0.300. The van der Waals surface area contributed by atoms with Gasteiger partial charge in [-0.25, -0.2) is 0 Å². The molecule has 0 spiro atoms. The second-order valence-electron chi connectivity index (χ2n) is 3.33. The number of rotatable bonds is 1. The lowest BCUT2D eigenvalue weighted by molar-refractivity contribution is -0.0165. The lowest BCUT2D eigenvalue weighted by Crippen LogP contribution is -2.19. The molecule has 74 valence electrons. The van der Waals surface area contributed by atoms with Crippen LogP contribution in [0.15, 0.2) is 12.1 Å². The van der Waals surface area contributed by atoms with Gasteiger partial charge in [0.15, 0.2) is 6.79 Å². The molecule has 0 aliphatic carbocycles. The number of amidine groups is 1. The Morgan fingerprint density at radius 1 is 1.50 bits per heavy atom. The van der Waals surface area contributed by atoms with Gasteiger partial charge in [0.1, 0.15) is 11.6 Å². The normalized spacial score (nSPS) is 14.4. The van der Waals surface area contributed by atoms with Gasteiger partial charge in [-0.05, 0) is 18.6 Å². The highest BCUT2D eigenvalue weighted by molar-refractivity contribution is 5.98. The zero-order chi connectivity index (χ0) is 10.1. The van der Waals surface area contributed by atoms with Crippen molar-refractivity contribution in [2.45, 2.75) is 13.5 Å². The summed E-state index contributed by atoms with van der Waals surface area (Å²) in [4.78, 5) is 0. The predicted molar refractivity (Wildman–Crippen MR) is 52.5 cm³/mol. The van der Waals surface area contributed by atoms with Crippen molar-refractivity contribution in [3.8, 4) is 5.75 Å². The fourth-order valence-corrected chi connectivity index (χ4v) is 1.58. The van der Waals surface area contributed by atoms with Gasteiger partial charge in [0, 0.05) is 5.56 Å². The molecule has 0 atom stereocenters. The highest BCUT2D eigenvalue weighted by atomic mass is 16.7. The van der Waals surface area contributed by atoms with Crippen LogP contribution in [0.1, 0.15) is 16.7 Å². The molecule has 4 heteroatoms. The van der Waals surface area contributed by atoms with Gasteiger partial charge in [-0.2, -0.15) is 0 Å². The lowest BCUT2D eigenvalue weighted by atomic mass is 10.0. The number of nitrogens with two attached hydrogens (primary N) is 1. The van der Waals surface area contributed by atoms with Crippen LogP contribution in [0.4, 0.5) is 0 Å². The third kappa shape index (κ3) is 1.44. The van der Waals surface area contributed by atoms with E-state index >= 15 is 0 Å². The maximum atomic E-state index is 7.43. The minimum Gasteiger partial charge on any atom is -0.466 e. The molecule has 0 amide bonds. The molecular formula is C10H12N2O2. The summed E-state index contributed by atoms with van der Waals surface area (Å²) in [6.45, 7) is 2.72. The third-order valence-corrected chi connectivity index (χ3v) is 2.14.